The number of rotatable bonds is 2. The standard InChI is InChI=1S/C7H12BN/c1-3-4-7(5-9)6(2)8/h3-4H,5,9H2,1-2H3/b4-3-,7-6-. The third-order valence-corrected chi connectivity index (χ3v) is 1.09. The van der Waals surface area contributed by atoms with Gasteiger partial charge in [0.25, 0.3) is 0 Å². The Morgan fingerprint density at radius 3 is 2.33 bits per heavy atom. The van der Waals surface area contributed by atoms with Crippen LogP contribution in [0, 0.1) is 0 Å². The third-order valence-electron chi connectivity index (χ3n) is 1.09. The Balaban J connectivity index is 4.16. The summed E-state index contributed by atoms with van der Waals surface area (Å²) in [6, 6.07) is 0. The average molecular weight is 121 g/mol. The Hall–Kier alpha value is -0.495. The lowest BCUT2D eigenvalue weighted by Gasteiger charge is -1.98. The molecule has 0 aliphatic rings. The van der Waals surface area contributed by atoms with Gasteiger partial charge in [-0.2, -0.15) is 0 Å². The molecule has 0 heterocycles. The van der Waals surface area contributed by atoms with E-state index in [-0.39, 0.29) is 0 Å². The molecule has 0 rings (SSSR count). The van der Waals surface area contributed by atoms with Crippen LogP contribution >= 0.6 is 0 Å². The smallest absolute Gasteiger partial charge is 0.107 e. The molecule has 0 aromatic rings. The third kappa shape index (κ3) is 3.14. The summed E-state index contributed by atoms with van der Waals surface area (Å²) < 4.78 is 0. The van der Waals surface area contributed by atoms with Crippen molar-refractivity contribution in [3.05, 3.63) is 23.2 Å². The highest BCUT2D eigenvalue weighted by molar-refractivity contribution is 6.21. The lowest BCUT2D eigenvalue weighted by atomic mass is 9.92. The van der Waals surface area contributed by atoms with Crippen LogP contribution in [0.5, 0.6) is 0 Å². The van der Waals surface area contributed by atoms with Gasteiger partial charge in [0.2, 0.25) is 0 Å². The van der Waals surface area contributed by atoms with E-state index in [1.807, 2.05) is 26.0 Å². The largest absolute Gasteiger partial charge is 0.327 e. The van der Waals surface area contributed by atoms with Crippen LogP contribution in [0.15, 0.2) is 23.2 Å². The SMILES string of the molecule is [B]/C(C)=C(/C=C\C)CN. The van der Waals surface area contributed by atoms with Crippen molar-refractivity contribution in [3.63, 3.8) is 0 Å². The predicted octanol–water partition coefficient (Wildman–Crippen LogP) is 0.964. The fourth-order valence-corrected chi connectivity index (χ4v) is 0.562. The van der Waals surface area contributed by atoms with E-state index in [4.69, 9.17) is 13.6 Å². The first-order chi connectivity index (χ1) is 4.22. The highest BCUT2D eigenvalue weighted by Crippen LogP contribution is 1.98. The van der Waals surface area contributed by atoms with E-state index in [1.54, 1.807) is 0 Å². The van der Waals surface area contributed by atoms with E-state index >= 15 is 0 Å². The van der Waals surface area contributed by atoms with Gasteiger partial charge in [0.1, 0.15) is 7.85 Å². The van der Waals surface area contributed by atoms with Crippen molar-refractivity contribution in [2.45, 2.75) is 13.8 Å². The van der Waals surface area contributed by atoms with Crippen LogP contribution in [0.25, 0.3) is 0 Å². The zero-order chi connectivity index (χ0) is 7.28. The molecule has 0 spiro atoms. The first-order valence-corrected chi connectivity index (χ1v) is 3.00. The molecule has 9 heavy (non-hydrogen) atoms. The summed E-state index contributed by atoms with van der Waals surface area (Å²) in [7, 11) is 5.48. The monoisotopic (exact) mass is 121 g/mol. The maximum Gasteiger partial charge on any atom is 0.107 e. The van der Waals surface area contributed by atoms with Crippen LogP contribution in [0.2, 0.25) is 0 Å². The fraction of sp³-hybridized carbons (Fsp3) is 0.429. The van der Waals surface area contributed by atoms with Gasteiger partial charge in [-0.05, 0) is 12.5 Å². The minimum atomic E-state index is 0.521. The highest BCUT2D eigenvalue weighted by atomic mass is 14.5. The molecule has 2 heteroatoms. The van der Waals surface area contributed by atoms with Gasteiger partial charge in [0, 0.05) is 6.54 Å². The van der Waals surface area contributed by atoms with Crippen molar-refractivity contribution < 1.29 is 0 Å². The second-order valence-corrected chi connectivity index (χ2v) is 1.91. The quantitative estimate of drug-likeness (QED) is 0.427. The molecular weight excluding hydrogens is 109 g/mol. The van der Waals surface area contributed by atoms with E-state index < -0.39 is 0 Å². The van der Waals surface area contributed by atoms with Crippen molar-refractivity contribution in [1.29, 1.82) is 0 Å². The van der Waals surface area contributed by atoms with Gasteiger partial charge in [-0.1, -0.05) is 19.1 Å². The Labute approximate surface area is 58.0 Å². The summed E-state index contributed by atoms with van der Waals surface area (Å²) in [5.41, 5.74) is 7.18. The summed E-state index contributed by atoms with van der Waals surface area (Å²) >= 11 is 0. The summed E-state index contributed by atoms with van der Waals surface area (Å²) in [6.45, 7) is 4.31. The van der Waals surface area contributed by atoms with E-state index in [0.29, 0.717) is 6.54 Å². The Morgan fingerprint density at radius 2 is 2.22 bits per heavy atom. The first-order valence-electron chi connectivity index (χ1n) is 3.00. The minimum absolute atomic E-state index is 0.521. The molecule has 0 aliphatic heterocycles. The summed E-state index contributed by atoms with van der Waals surface area (Å²) in [4.78, 5) is 0. The minimum Gasteiger partial charge on any atom is -0.327 e. The van der Waals surface area contributed by atoms with Gasteiger partial charge in [-0.15, -0.1) is 5.47 Å². The molecule has 0 aromatic carbocycles. The zero-order valence-electron chi connectivity index (χ0n) is 6.02. The van der Waals surface area contributed by atoms with Crippen molar-refractivity contribution in [2.24, 2.45) is 5.73 Å². The normalized spacial score (nSPS) is 14.1. The second kappa shape index (κ2) is 4.39. The van der Waals surface area contributed by atoms with Crippen molar-refractivity contribution in [3.8, 4) is 0 Å². The van der Waals surface area contributed by atoms with Gasteiger partial charge in [0.15, 0.2) is 0 Å². The van der Waals surface area contributed by atoms with Gasteiger partial charge in [0.05, 0.1) is 0 Å². The van der Waals surface area contributed by atoms with Gasteiger partial charge < -0.3 is 5.73 Å². The van der Waals surface area contributed by atoms with E-state index in [0.717, 1.165) is 11.0 Å². The lowest BCUT2D eigenvalue weighted by Crippen LogP contribution is -2.03. The maximum absolute atomic E-state index is 5.48. The lowest BCUT2D eigenvalue weighted by molar-refractivity contribution is 1.17. The molecule has 2 radical (unpaired) electrons. The molecule has 0 unspecified atom stereocenters. The number of hydrogen-bond acceptors (Lipinski definition) is 1. The summed E-state index contributed by atoms with van der Waals surface area (Å²) in [6.07, 6.45) is 3.86. The molecule has 0 bridgehead atoms. The molecule has 0 aromatic heterocycles. The summed E-state index contributed by atoms with van der Waals surface area (Å²) in [5.74, 6) is 0. The number of hydrogen-bond donors (Lipinski definition) is 1. The molecule has 0 aliphatic carbocycles. The molecule has 48 valence electrons. The average Bonchev–Trinajstić information content (AvgIpc) is 1.82. The van der Waals surface area contributed by atoms with Gasteiger partial charge >= 0.3 is 0 Å². The number of nitrogens with two attached hydrogens (primary N) is 1. The molecule has 0 saturated heterocycles. The van der Waals surface area contributed by atoms with Crippen LogP contribution in [0.1, 0.15) is 13.8 Å². The van der Waals surface area contributed by atoms with Gasteiger partial charge in [-0.25, -0.2) is 0 Å². The molecule has 0 atom stereocenters. The van der Waals surface area contributed by atoms with Crippen LogP contribution in [-0.4, -0.2) is 14.4 Å². The van der Waals surface area contributed by atoms with E-state index in [2.05, 4.69) is 0 Å². The van der Waals surface area contributed by atoms with Crippen LogP contribution in [0.3, 0.4) is 0 Å². The van der Waals surface area contributed by atoms with E-state index in [1.165, 1.54) is 0 Å². The maximum atomic E-state index is 5.48. The highest BCUT2D eigenvalue weighted by Gasteiger charge is 1.87. The Bertz CT molecular complexity index is 132. The summed E-state index contributed by atoms with van der Waals surface area (Å²) in [5, 5.41) is 0. The van der Waals surface area contributed by atoms with Crippen LogP contribution in [0.4, 0.5) is 0 Å². The molecule has 0 amide bonds. The second-order valence-electron chi connectivity index (χ2n) is 1.91. The Kier molecular flexibility index (Phi) is 4.15. The number of allylic oxidation sites excluding steroid dienone is 2. The Morgan fingerprint density at radius 1 is 1.67 bits per heavy atom. The molecule has 2 N–H and O–H groups in total. The van der Waals surface area contributed by atoms with Crippen LogP contribution < -0.4 is 5.73 Å². The van der Waals surface area contributed by atoms with Crippen molar-refractivity contribution in [1.82, 2.24) is 0 Å². The molecular formula is C7H12BN. The first kappa shape index (κ1) is 8.50. The topological polar surface area (TPSA) is 26.0 Å². The predicted molar refractivity (Wildman–Crippen MR) is 42.3 cm³/mol. The fourth-order valence-electron chi connectivity index (χ4n) is 0.562. The molecule has 0 saturated carbocycles. The molecule has 1 nitrogen and oxygen atoms in total. The zero-order valence-corrected chi connectivity index (χ0v) is 6.02. The van der Waals surface area contributed by atoms with Crippen molar-refractivity contribution in [2.75, 3.05) is 6.54 Å². The van der Waals surface area contributed by atoms with E-state index in [9.17, 15) is 0 Å². The van der Waals surface area contributed by atoms with Gasteiger partial charge in [-0.3, -0.25) is 0 Å². The van der Waals surface area contributed by atoms with Crippen LogP contribution in [-0.2, 0) is 0 Å². The van der Waals surface area contributed by atoms with Crippen molar-refractivity contribution >= 4 is 7.85 Å². The molecule has 0 fully saturated rings.